The van der Waals surface area contributed by atoms with E-state index in [4.69, 9.17) is 9.52 Å². The number of carboxylic acid groups (broad SMARTS) is 1. The lowest BCUT2D eigenvalue weighted by molar-refractivity contribution is 0.0693. The van der Waals surface area contributed by atoms with E-state index in [2.05, 4.69) is 5.32 Å². The van der Waals surface area contributed by atoms with Gasteiger partial charge in [0.25, 0.3) is 5.91 Å². The monoisotopic (exact) mass is 349 g/mol. The molecule has 0 bridgehead atoms. The largest absolute Gasteiger partial charge is 0.478 e. The highest BCUT2D eigenvalue weighted by Gasteiger charge is 2.42. The Morgan fingerprint density at radius 3 is 2.48 bits per heavy atom. The van der Waals surface area contributed by atoms with Crippen molar-refractivity contribution in [3.63, 3.8) is 0 Å². The molecule has 0 radical (unpaired) electrons. The van der Waals surface area contributed by atoms with Crippen LogP contribution in [0.2, 0.25) is 0 Å². The van der Waals surface area contributed by atoms with E-state index in [0.29, 0.717) is 19.3 Å². The van der Waals surface area contributed by atoms with Gasteiger partial charge in [-0.15, -0.1) is 0 Å². The third-order valence-electron chi connectivity index (χ3n) is 4.59. The van der Waals surface area contributed by atoms with E-state index in [1.807, 2.05) is 0 Å². The van der Waals surface area contributed by atoms with Crippen LogP contribution in [-0.4, -0.2) is 17.0 Å². The molecule has 1 aromatic heterocycles. The number of carboxylic acids is 1. The molecule has 0 spiro atoms. The summed E-state index contributed by atoms with van der Waals surface area (Å²) in [6, 6.07) is 4.43. The predicted octanol–water partition coefficient (Wildman–Crippen LogP) is 3.63. The number of carbonyl (C=O) groups is 2. The Morgan fingerprint density at radius 1 is 1.28 bits per heavy atom. The molecule has 2 aromatic rings. The first-order chi connectivity index (χ1) is 11.9. The van der Waals surface area contributed by atoms with Crippen LogP contribution in [0.15, 0.2) is 28.7 Å². The molecule has 1 saturated carbocycles. The Bertz CT molecular complexity index is 840. The SMILES string of the molecule is CCc1oc(C(=O)NC2(c3ccc(F)cc3F)CCC2)cc1C(=O)O. The Kier molecular flexibility index (Phi) is 4.32. The van der Waals surface area contributed by atoms with Crippen LogP contribution < -0.4 is 5.32 Å². The summed E-state index contributed by atoms with van der Waals surface area (Å²) in [6.07, 6.45) is 2.13. The molecule has 1 heterocycles. The minimum Gasteiger partial charge on any atom is -0.478 e. The van der Waals surface area contributed by atoms with Gasteiger partial charge in [0.05, 0.1) is 5.54 Å². The van der Waals surface area contributed by atoms with Gasteiger partial charge in [0.15, 0.2) is 5.76 Å². The Balaban J connectivity index is 1.89. The van der Waals surface area contributed by atoms with Gasteiger partial charge in [-0.05, 0) is 25.3 Å². The maximum atomic E-state index is 14.2. The molecular formula is C18H17F2NO4. The molecule has 2 N–H and O–H groups in total. The number of benzene rings is 1. The van der Waals surface area contributed by atoms with Crippen molar-refractivity contribution >= 4 is 11.9 Å². The van der Waals surface area contributed by atoms with Crippen LogP contribution in [0.4, 0.5) is 8.78 Å². The van der Waals surface area contributed by atoms with Crippen molar-refractivity contribution in [2.75, 3.05) is 0 Å². The highest BCUT2D eigenvalue weighted by Crippen LogP contribution is 2.42. The molecule has 0 atom stereocenters. The van der Waals surface area contributed by atoms with Gasteiger partial charge in [0.1, 0.15) is 23.0 Å². The normalized spacial score (nSPS) is 15.5. The van der Waals surface area contributed by atoms with Crippen LogP contribution in [0.5, 0.6) is 0 Å². The van der Waals surface area contributed by atoms with Crippen LogP contribution in [0.25, 0.3) is 0 Å². The molecule has 1 fully saturated rings. The van der Waals surface area contributed by atoms with Crippen LogP contribution in [0.3, 0.4) is 0 Å². The molecule has 0 saturated heterocycles. The van der Waals surface area contributed by atoms with Gasteiger partial charge in [0.2, 0.25) is 0 Å². The molecule has 1 aliphatic carbocycles. The number of nitrogens with one attached hydrogen (secondary N) is 1. The fraction of sp³-hybridized carbons (Fsp3) is 0.333. The van der Waals surface area contributed by atoms with Crippen molar-refractivity contribution in [3.05, 3.63) is 58.5 Å². The maximum absolute atomic E-state index is 14.2. The molecule has 1 amide bonds. The lowest BCUT2D eigenvalue weighted by Crippen LogP contribution is -2.51. The van der Waals surface area contributed by atoms with E-state index in [1.54, 1.807) is 6.92 Å². The summed E-state index contributed by atoms with van der Waals surface area (Å²) in [7, 11) is 0. The summed E-state index contributed by atoms with van der Waals surface area (Å²) >= 11 is 0. The zero-order valence-electron chi connectivity index (χ0n) is 13.6. The maximum Gasteiger partial charge on any atom is 0.339 e. The predicted molar refractivity (Wildman–Crippen MR) is 84.4 cm³/mol. The molecule has 132 valence electrons. The zero-order chi connectivity index (χ0) is 18.2. The second kappa shape index (κ2) is 6.31. The summed E-state index contributed by atoms with van der Waals surface area (Å²) < 4.78 is 32.6. The average Bonchev–Trinajstić information content (AvgIpc) is 2.96. The Labute approximate surface area is 142 Å². The topological polar surface area (TPSA) is 79.5 Å². The number of carbonyl (C=O) groups excluding carboxylic acids is 1. The van der Waals surface area contributed by atoms with Crippen molar-refractivity contribution in [1.82, 2.24) is 5.32 Å². The zero-order valence-corrected chi connectivity index (χ0v) is 13.6. The number of rotatable bonds is 5. The lowest BCUT2D eigenvalue weighted by atomic mass is 9.71. The molecule has 0 aliphatic heterocycles. The van der Waals surface area contributed by atoms with Crippen molar-refractivity contribution in [3.8, 4) is 0 Å². The molecule has 7 heteroatoms. The van der Waals surface area contributed by atoms with E-state index in [1.165, 1.54) is 12.1 Å². The van der Waals surface area contributed by atoms with Crippen LogP contribution >= 0.6 is 0 Å². The number of furan rings is 1. The summed E-state index contributed by atoms with van der Waals surface area (Å²) in [6.45, 7) is 1.72. The first-order valence-corrected chi connectivity index (χ1v) is 8.00. The smallest absolute Gasteiger partial charge is 0.339 e. The number of hydrogen-bond acceptors (Lipinski definition) is 3. The van der Waals surface area contributed by atoms with E-state index >= 15 is 0 Å². The van der Waals surface area contributed by atoms with Crippen LogP contribution in [-0.2, 0) is 12.0 Å². The summed E-state index contributed by atoms with van der Waals surface area (Å²) in [5.41, 5.74) is -0.783. The first-order valence-electron chi connectivity index (χ1n) is 8.00. The lowest BCUT2D eigenvalue weighted by Gasteiger charge is -2.43. The number of halogens is 2. The van der Waals surface area contributed by atoms with E-state index < -0.39 is 29.0 Å². The van der Waals surface area contributed by atoms with Crippen molar-refractivity contribution in [2.24, 2.45) is 0 Å². The molecule has 1 aliphatic rings. The van der Waals surface area contributed by atoms with Gasteiger partial charge in [-0.25, -0.2) is 13.6 Å². The second-order valence-electron chi connectivity index (χ2n) is 6.12. The van der Waals surface area contributed by atoms with Gasteiger partial charge in [-0.1, -0.05) is 13.0 Å². The van der Waals surface area contributed by atoms with Gasteiger partial charge < -0.3 is 14.8 Å². The van der Waals surface area contributed by atoms with Crippen molar-refractivity contribution in [2.45, 2.75) is 38.1 Å². The quantitative estimate of drug-likeness (QED) is 0.864. The fourth-order valence-corrected chi connectivity index (χ4v) is 3.13. The molecular weight excluding hydrogens is 332 g/mol. The average molecular weight is 349 g/mol. The Morgan fingerprint density at radius 2 is 2.00 bits per heavy atom. The van der Waals surface area contributed by atoms with Crippen LogP contribution in [0, 0.1) is 11.6 Å². The summed E-state index contributed by atoms with van der Waals surface area (Å²) in [5.74, 6) is -3.14. The van der Waals surface area contributed by atoms with E-state index in [9.17, 15) is 18.4 Å². The van der Waals surface area contributed by atoms with Crippen LogP contribution in [0.1, 0.15) is 58.4 Å². The highest BCUT2D eigenvalue weighted by molar-refractivity contribution is 5.96. The Hall–Kier alpha value is -2.70. The van der Waals surface area contributed by atoms with Gasteiger partial charge in [-0.2, -0.15) is 0 Å². The van der Waals surface area contributed by atoms with Crippen molar-refractivity contribution in [1.29, 1.82) is 0 Å². The van der Waals surface area contributed by atoms with E-state index in [-0.39, 0.29) is 22.6 Å². The standard InChI is InChI=1S/C18H17F2NO4/c1-2-14-11(17(23)24)9-15(25-14)16(22)21-18(6-3-7-18)12-5-4-10(19)8-13(12)20/h4-5,8-9H,2-3,6-7H2,1H3,(H,21,22)(H,23,24). The number of amides is 1. The molecule has 1 aromatic carbocycles. The third kappa shape index (κ3) is 3.01. The summed E-state index contributed by atoms with van der Waals surface area (Å²) in [5, 5.41) is 11.9. The summed E-state index contributed by atoms with van der Waals surface area (Å²) in [4.78, 5) is 23.7. The van der Waals surface area contributed by atoms with Crippen molar-refractivity contribution < 1.29 is 27.9 Å². The molecule has 5 nitrogen and oxygen atoms in total. The van der Waals surface area contributed by atoms with Gasteiger partial charge >= 0.3 is 5.97 Å². The molecule has 25 heavy (non-hydrogen) atoms. The highest BCUT2D eigenvalue weighted by atomic mass is 19.1. The number of aryl methyl sites for hydroxylation is 1. The molecule has 3 rings (SSSR count). The number of aromatic carboxylic acids is 1. The minimum absolute atomic E-state index is 0.0664. The first kappa shape index (κ1) is 17.1. The fourth-order valence-electron chi connectivity index (χ4n) is 3.13. The minimum atomic E-state index is -1.18. The van der Waals surface area contributed by atoms with Gasteiger partial charge in [0, 0.05) is 24.1 Å². The second-order valence-corrected chi connectivity index (χ2v) is 6.12. The third-order valence-corrected chi connectivity index (χ3v) is 4.59. The van der Waals surface area contributed by atoms with E-state index in [0.717, 1.165) is 18.6 Å². The molecule has 0 unspecified atom stereocenters. The van der Waals surface area contributed by atoms with Gasteiger partial charge in [-0.3, -0.25) is 4.79 Å². The number of hydrogen-bond donors (Lipinski definition) is 2.